The van der Waals surface area contributed by atoms with Crippen molar-refractivity contribution in [3.8, 4) is 11.5 Å². The molecule has 0 aliphatic carbocycles. The molecule has 0 atom stereocenters. The number of nitrogens with zero attached hydrogens (tertiary/aromatic N) is 2. The van der Waals surface area contributed by atoms with Crippen molar-refractivity contribution in [1.82, 2.24) is 9.97 Å². The van der Waals surface area contributed by atoms with Gasteiger partial charge in [-0.15, -0.1) is 0 Å². The molecule has 1 aliphatic heterocycles. The van der Waals surface area contributed by atoms with Crippen LogP contribution in [0, 0.1) is 0 Å². The van der Waals surface area contributed by atoms with Gasteiger partial charge in [-0.25, -0.2) is 0 Å². The van der Waals surface area contributed by atoms with E-state index in [0.717, 1.165) is 5.56 Å². The second-order valence-corrected chi connectivity index (χ2v) is 4.64. The largest absolute Gasteiger partial charge is 0.454 e. The fraction of sp³-hybridized carbons (Fsp3) is 0.154. The molecule has 0 radical (unpaired) electrons. The van der Waals surface area contributed by atoms with Gasteiger partial charge in [0.15, 0.2) is 23.1 Å². The monoisotopic (exact) mass is 302 g/mol. The van der Waals surface area contributed by atoms with Gasteiger partial charge in [-0.2, -0.15) is 9.97 Å². The number of fused-ring (bicyclic) bond motifs is 1. The Morgan fingerprint density at radius 3 is 2.55 bits per heavy atom. The number of nitrogens with one attached hydrogen (secondary N) is 1. The molecule has 9 nitrogen and oxygen atoms in total. The Kier molecular flexibility index (Phi) is 3.30. The van der Waals surface area contributed by atoms with Crippen molar-refractivity contribution >= 4 is 29.2 Å². The third kappa shape index (κ3) is 2.64. The van der Waals surface area contributed by atoms with Crippen LogP contribution in [0.15, 0.2) is 18.2 Å². The molecule has 1 aromatic carbocycles. The number of nitrogens with two attached hydrogens (primary N) is 3. The highest BCUT2D eigenvalue weighted by Crippen LogP contribution is 2.32. The third-order valence-corrected chi connectivity index (χ3v) is 3.05. The average Bonchev–Trinajstić information content (AvgIpc) is 2.90. The molecule has 0 saturated carbocycles. The second kappa shape index (κ2) is 5.28. The number of nitrogen functional groups attached to an aromatic ring is 3. The van der Waals surface area contributed by atoms with Crippen molar-refractivity contribution < 1.29 is 14.3 Å². The van der Waals surface area contributed by atoms with Crippen molar-refractivity contribution in [2.45, 2.75) is 6.42 Å². The summed E-state index contributed by atoms with van der Waals surface area (Å²) in [6.07, 6.45) is 0.111. The van der Waals surface area contributed by atoms with Gasteiger partial charge in [-0.1, -0.05) is 6.07 Å². The Balaban J connectivity index is 1.73. The van der Waals surface area contributed by atoms with Crippen LogP contribution in [0.5, 0.6) is 11.5 Å². The van der Waals surface area contributed by atoms with Crippen LogP contribution in [0.2, 0.25) is 0 Å². The van der Waals surface area contributed by atoms with Crippen LogP contribution >= 0.6 is 0 Å². The van der Waals surface area contributed by atoms with Crippen molar-refractivity contribution in [3.63, 3.8) is 0 Å². The van der Waals surface area contributed by atoms with Gasteiger partial charge < -0.3 is 32.0 Å². The zero-order valence-electron chi connectivity index (χ0n) is 11.5. The van der Waals surface area contributed by atoms with E-state index in [1.807, 2.05) is 0 Å². The van der Waals surface area contributed by atoms with E-state index in [9.17, 15) is 4.79 Å². The second-order valence-electron chi connectivity index (χ2n) is 4.64. The molecule has 7 N–H and O–H groups in total. The van der Waals surface area contributed by atoms with Crippen molar-refractivity contribution in [2.24, 2.45) is 0 Å². The predicted octanol–water partition coefficient (Wildman–Crippen LogP) is 0.133. The van der Waals surface area contributed by atoms with E-state index in [-0.39, 0.29) is 42.4 Å². The molecule has 1 aromatic heterocycles. The average molecular weight is 302 g/mol. The van der Waals surface area contributed by atoms with Crippen LogP contribution in [0.3, 0.4) is 0 Å². The minimum atomic E-state index is -0.314. The van der Waals surface area contributed by atoms with Crippen LogP contribution in [0.25, 0.3) is 0 Å². The fourth-order valence-electron chi connectivity index (χ4n) is 2.06. The highest BCUT2D eigenvalue weighted by molar-refractivity contribution is 5.97. The highest BCUT2D eigenvalue weighted by atomic mass is 16.7. The smallest absolute Gasteiger partial charge is 0.231 e. The van der Waals surface area contributed by atoms with Gasteiger partial charge in [-0.05, 0) is 17.7 Å². The maximum Gasteiger partial charge on any atom is 0.231 e. The lowest BCUT2D eigenvalue weighted by atomic mass is 10.1. The zero-order valence-corrected chi connectivity index (χ0v) is 11.5. The summed E-state index contributed by atoms with van der Waals surface area (Å²) in [6, 6.07) is 5.27. The minimum Gasteiger partial charge on any atom is -0.454 e. The number of ether oxygens (including phenoxy) is 2. The number of carbonyl (C=O) groups excluding carboxylic acids is 1. The van der Waals surface area contributed by atoms with E-state index in [4.69, 9.17) is 26.7 Å². The Labute approximate surface area is 125 Å². The molecule has 1 amide bonds. The highest BCUT2D eigenvalue weighted by Gasteiger charge is 2.16. The summed E-state index contributed by atoms with van der Waals surface area (Å²) in [7, 11) is 0. The standard InChI is InChI=1S/C13H14N6O3/c14-11-10(12(15)19-13(16)18-11)17-9(20)4-6-1-2-7-8(3-6)22-5-21-7/h1-3H,4-5H2,(H,17,20)(H6,14,15,16,18,19). The topological polar surface area (TPSA) is 151 Å². The van der Waals surface area contributed by atoms with Gasteiger partial charge >= 0.3 is 0 Å². The Morgan fingerprint density at radius 1 is 1.14 bits per heavy atom. The molecule has 114 valence electrons. The number of amides is 1. The van der Waals surface area contributed by atoms with E-state index in [0.29, 0.717) is 11.5 Å². The van der Waals surface area contributed by atoms with Gasteiger partial charge in [0.1, 0.15) is 5.69 Å². The van der Waals surface area contributed by atoms with E-state index < -0.39 is 0 Å². The van der Waals surface area contributed by atoms with Crippen LogP contribution in [-0.2, 0) is 11.2 Å². The van der Waals surface area contributed by atoms with E-state index in [1.54, 1.807) is 18.2 Å². The van der Waals surface area contributed by atoms with E-state index >= 15 is 0 Å². The van der Waals surface area contributed by atoms with Crippen LogP contribution in [-0.4, -0.2) is 22.7 Å². The molecule has 1 aliphatic rings. The van der Waals surface area contributed by atoms with Crippen molar-refractivity contribution in [2.75, 3.05) is 29.3 Å². The molecule has 2 heterocycles. The molecule has 0 spiro atoms. The fourth-order valence-corrected chi connectivity index (χ4v) is 2.06. The van der Waals surface area contributed by atoms with E-state index in [2.05, 4.69) is 15.3 Å². The Bertz CT molecular complexity index is 726. The molecule has 9 heteroatoms. The summed E-state index contributed by atoms with van der Waals surface area (Å²) < 4.78 is 10.5. The summed E-state index contributed by atoms with van der Waals surface area (Å²) in [5.74, 6) is 0.937. The Hall–Kier alpha value is -3.23. The molecular weight excluding hydrogens is 288 g/mol. The summed E-state index contributed by atoms with van der Waals surface area (Å²) in [4.78, 5) is 19.6. The summed E-state index contributed by atoms with van der Waals surface area (Å²) in [5, 5.41) is 2.58. The number of carbonyl (C=O) groups is 1. The van der Waals surface area contributed by atoms with Gasteiger partial charge in [0.05, 0.1) is 6.42 Å². The first-order valence-corrected chi connectivity index (χ1v) is 6.40. The quantitative estimate of drug-likeness (QED) is 0.624. The normalized spacial score (nSPS) is 12.2. The maximum atomic E-state index is 12.1. The van der Waals surface area contributed by atoms with Crippen molar-refractivity contribution in [3.05, 3.63) is 23.8 Å². The molecule has 0 unspecified atom stereocenters. The molecule has 0 saturated heterocycles. The van der Waals surface area contributed by atoms with Crippen molar-refractivity contribution in [1.29, 1.82) is 0 Å². The van der Waals surface area contributed by atoms with Gasteiger partial charge in [0.2, 0.25) is 18.6 Å². The molecule has 0 bridgehead atoms. The van der Waals surface area contributed by atoms with Gasteiger partial charge in [-0.3, -0.25) is 4.79 Å². The number of aromatic nitrogens is 2. The SMILES string of the molecule is Nc1nc(N)c(NC(=O)Cc2ccc3c(c2)OCO3)c(N)n1. The number of hydrogen-bond donors (Lipinski definition) is 4. The Morgan fingerprint density at radius 2 is 1.82 bits per heavy atom. The van der Waals surface area contributed by atoms with Crippen LogP contribution in [0.1, 0.15) is 5.56 Å². The summed E-state index contributed by atoms with van der Waals surface area (Å²) >= 11 is 0. The summed E-state index contributed by atoms with van der Waals surface area (Å²) in [6.45, 7) is 0.181. The first-order valence-electron chi connectivity index (χ1n) is 6.40. The van der Waals surface area contributed by atoms with Crippen LogP contribution < -0.4 is 32.0 Å². The molecule has 0 fully saturated rings. The lowest BCUT2D eigenvalue weighted by Crippen LogP contribution is -2.18. The molecule has 3 rings (SSSR count). The molecule has 2 aromatic rings. The number of hydrogen-bond acceptors (Lipinski definition) is 8. The number of benzene rings is 1. The van der Waals surface area contributed by atoms with Gasteiger partial charge in [0, 0.05) is 0 Å². The van der Waals surface area contributed by atoms with E-state index in [1.165, 1.54) is 0 Å². The predicted molar refractivity (Wildman–Crippen MR) is 80.2 cm³/mol. The lowest BCUT2D eigenvalue weighted by molar-refractivity contribution is -0.115. The minimum absolute atomic E-state index is 0.0176. The summed E-state index contributed by atoms with van der Waals surface area (Å²) in [5.41, 5.74) is 17.7. The van der Waals surface area contributed by atoms with Crippen LogP contribution in [0.4, 0.5) is 23.3 Å². The third-order valence-electron chi connectivity index (χ3n) is 3.05. The lowest BCUT2D eigenvalue weighted by Gasteiger charge is -2.10. The molecule has 22 heavy (non-hydrogen) atoms. The number of rotatable bonds is 3. The number of anilines is 4. The first-order chi connectivity index (χ1) is 10.5. The first kappa shape index (κ1) is 13.7. The van der Waals surface area contributed by atoms with Gasteiger partial charge in [0.25, 0.3) is 0 Å². The molecular formula is C13H14N6O3. The maximum absolute atomic E-state index is 12.1. The zero-order chi connectivity index (χ0) is 15.7.